The standard InChI is InChI=1S/C14H21N5O2/c1-4-11(20)5-6-15-14(21)17-10-7-12-9(2)18-19(3)13(12)16-8-10/h7-8,11,20H,4-6H2,1-3H3,(H2,15,17,21). The molecule has 2 heterocycles. The number of aromatic nitrogens is 3. The minimum absolute atomic E-state index is 0.305. The zero-order chi connectivity index (χ0) is 15.4. The normalized spacial score (nSPS) is 12.4. The van der Waals surface area contributed by atoms with Crippen LogP contribution in [0.1, 0.15) is 25.5 Å². The fraction of sp³-hybridized carbons (Fsp3) is 0.500. The molecule has 2 rings (SSSR count). The van der Waals surface area contributed by atoms with Gasteiger partial charge in [-0.25, -0.2) is 9.78 Å². The zero-order valence-corrected chi connectivity index (χ0v) is 12.6. The number of urea groups is 1. The second kappa shape index (κ2) is 6.53. The molecular weight excluding hydrogens is 270 g/mol. The Bertz CT molecular complexity index is 638. The molecule has 7 nitrogen and oxygen atoms in total. The van der Waals surface area contributed by atoms with Crippen LogP contribution in [0.25, 0.3) is 11.0 Å². The predicted molar refractivity (Wildman–Crippen MR) is 81.2 cm³/mol. The second-order valence-electron chi connectivity index (χ2n) is 5.04. The first-order valence-corrected chi connectivity index (χ1v) is 7.03. The van der Waals surface area contributed by atoms with E-state index in [1.165, 1.54) is 0 Å². The summed E-state index contributed by atoms with van der Waals surface area (Å²) in [7, 11) is 1.83. The summed E-state index contributed by atoms with van der Waals surface area (Å²) in [5.74, 6) is 0. The van der Waals surface area contributed by atoms with E-state index in [2.05, 4.69) is 20.7 Å². The third-order valence-electron chi connectivity index (χ3n) is 3.36. The number of aliphatic hydroxyl groups excluding tert-OH is 1. The molecule has 0 aliphatic heterocycles. The summed E-state index contributed by atoms with van der Waals surface area (Å²) in [4.78, 5) is 16.1. The van der Waals surface area contributed by atoms with E-state index in [1.54, 1.807) is 10.9 Å². The van der Waals surface area contributed by atoms with E-state index >= 15 is 0 Å². The van der Waals surface area contributed by atoms with Gasteiger partial charge in [0.2, 0.25) is 0 Å². The maximum absolute atomic E-state index is 11.8. The topological polar surface area (TPSA) is 92.1 Å². The van der Waals surface area contributed by atoms with E-state index in [1.807, 2.05) is 27.0 Å². The van der Waals surface area contributed by atoms with E-state index < -0.39 is 0 Å². The number of hydrogen-bond donors (Lipinski definition) is 3. The van der Waals surface area contributed by atoms with Crippen molar-refractivity contribution >= 4 is 22.8 Å². The van der Waals surface area contributed by atoms with E-state index in [4.69, 9.17) is 0 Å². The molecule has 0 aliphatic rings. The summed E-state index contributed by atoms with van der Waals surface area (Å²) in [6, 6.07) is 1.55. The number of rotatable bonds is 5. The first kappa shape index (κ1) is 15.2. The number of carbonyl (C=O) groups is 1. The third-order valence-corrected chi connectivity index (χ3v) is 3.36. The van der Waals surface area contributed by atoms with Crippen LogP contribution in [0, 0.1) is 6.92 Å². The maximum Gasteiger partial charge on any atom is 0.319 e. The van der Waals surface area contributed by atoms with Gasteiger partial charge >= 0.3 is 6.03 Å². The molecule has 2 aromatic heterocycles. The van der Waals surface area contributed by atoms with Gasteiger partial charge in [0.05, 0.1) is 23.7 Å². The van der Waals surface area contributed by atoms with Gasteiger partial charge in [0.1, 0.15) is 0 Å². The number of carbonyl (C=O) groups excluding carboxylic acids is 1. The van der Waals surface area contributed by atoms with Crippen LogP contribution in [0.15, 0.2) is 12.3 Å². The molecule has 0 aromatic carbocycles. The van der Waals surface area contributed by atoms with Crippen molar-refractivity contribution in [1.29, 1.82) is 0 Å². The molecule has 114 valence electrons. The molecule has 7 heteroatoms. The smallest absolute Gasteiger partial charge is 0.319 e. The first-order valence-electron chi connectivity index (χ1n) is 7.03. The van der Waals surface area contributed by atoms with Gasteiger partial charge in [0.15, 0.2) is 5.65 Å². The van der Waals surface area contributed by atoms with E-state index in [9.17, 15) is 9.90 Å². The Hall–Kier alpha value is -2.15. The number of amides is 2. The number of nitrogens with zero attached hydrogens (tertiary/aromatic N) is 3. The lowest BCUT2D eigenvalue weighted by atomic mass is 10.2. The zero-order valence-electron chi connectivity index (χ0n) is 12.6. The van der Waals surface area contributed by atoms with Gasteiger partial charge in [0.25, 0.3) is 0 Å². The Balaban J connectivity index is 1.96. The molecule has 0 aliphatic carbocycles. The molecule has 0 fully saturated rings. The molecule has 2 aromatic rings. The highest BCUT2D eigenvalue weighted by atomic mass is 16.3. The Labute approximate surface area is 123 Å². The highest BCUT2D eigenvalue weighted by molar-refractivity contribution is 5.91. The number of hydrogen-bond acceptors (Lipinski definition) is 4. The lowest BCUT2D eigenvalue weighted by Gasteiger charge is -2.10. The molecule has 0 spiro atoms. The summed E-state index contributed by atoms with van der Waals surface area (Å²) >= 11 is 0. The summed E-state index contributed by atoms with van der Waals surface area (Å²) in [5, 5.41) is 20.1. The van der Waals surface area contributed by atoms with E-state index in [-0.39, 0.29) is 12.1 Å². The van der Waals surface area contributed by atoms with Crippen LogP contribution in [0.2, 0.25) is 0 Å². The van der Waals surface area contributed by atoms with Gasteiger partial charge in [-0.15, -0.1) is 0 Å². The highest BCUT2D eigenvalue weighted by Gasteiger charge is 2.09. The molecule has 1 unspecified atom stereocenters. The van der Waals surface area contributed by atoms with E-state index in [0.717, 1.165) is 16.7 Å². The minimum atomic E-state index is -0.374. The molecule has 21 heavy (non-hydrogen) atoms. The molecule has 0 saturated heterocycles. The Morgan fingerprint density at radius 3 is 3.00 bits per heavy atom. The fourth-order valence-corrected chi connectivity index (χ4v) is 2.11. The van der Waals surface area contributed by atoms with Crippen LogP contribution in [0.4, 0.5) is 10.5 Å². The number of aryl methyl sites for hydroxylation is 2. The van der Waals surface area contributed by atoms with Crippen LogP contribution in [0.3, 0.4) is 0 Å². The van der Waals surface area contributed by atoms with Crippen molar-refractivity contribution in [2.45, 2.75) is 32.8 Å². The van der Waals surface area contributed by atoms with Crippen molar-refractivity contribution < 1.29 is 9.90 Å². The van der Waals surface area contributed by atoms with Gasteiger partial charge in [-0.3, -0.25) is 4.68 Å². The Morgan fingerprint density at radius 1 is 1.52 bits per heavy atom. The van der Waals surface area contributed by atoms with Crippen molar-refractivity contribution in [1.82, 2.24) is 20.1 Å². The van der Waals surface area contributed by atoms with Crippen molar-refractivity contribution in [3.8, 4) is 0 Å². The maximum atomic E-state index is 11.8. The fourth-order valence-electron chi connectivity index (χ4n) is 2.11. The summed E-state index contributed by atoms with van der Waals surface area (Å²) in [6.07, 6.45) is 2.46. The number of fused-ring (bicyclic) bond motifs is 1. The largest absolute Gasteiger partial charge is 0.393 e. The van der Waals surface area contributed by atoms with Crippen molar-refractivity contribution in [2.75, 3.05) is 11.9 Å². The average Bonchev–Trinajstić information content (AvgIpc) is 2.73. The van der Waals surface area contributed by atoms with Crippen LogP contribution >= 0.6 is 0 Å². The predicted octanol–water partition coefficient (Wildman–Crippen LogP) is 1.56. The van der Waals surface area contributed by atoms with Crippen molar-refractivity contribution in [3.05, 3.63) is 18.0 Å². The lowest BCUT2D eigenvalue weighted by Crippen LogP contribution is -2.31. The number of pyridine rings is 1. The SMILES string of the molecule is CCC(O)CCNC(=O)Nc1cnc2c(c1)c(C)nn2C. The lowest BCUT2D eigenvalue weighted by molar-refractivity contribution is 0.160. The summed E-state index contributed by atoms with van der Waals surface area (Å²) < 4.78 is 1.71. The number of nitrogens with one attached hydrogen (secondary N) is 2. The highest BCUT2D eigenvalue weighted by Crippen LogP contribution is 2.19. The van der Waals surface area contributed by atoms with Gasteiger partial charge in [-0.2, -0.15) is 5.10 Å². The molecule has 1 atom stereocenters. The Morgan fingerprint density at radius 2 is 2.29 bits per heavy atom. The van der Waals surface area contributed by atoms with Crippen LogP contribution in [-0.4, -0.2) is 38.6 Å². The monoisotopic (exact) mass is 291 g/mol. The third kappa shape index (κ3) is 3.69. The average molecular weight is 291 g/mol. The number of anilines is 1. The second-order valence-corrected chi connectivity index (χ2v) is 5.04. The molecular formula is C14H21N5O2. The first-order chi connectivity index (χ1) is 10.0. The summed E-state index contributed by atoms with van der Waals surface area (Å²) in [5.41, 5.74) is 2.27. The summed E-state index contributed by atoms with van der Waals surface area (Å²) in [6.45, 7) is 4.24. The van der Waals surface area contributed by atoms with Gasteiger partial charge in [0, 0.05) is 19.0 Å². The quantitative estimate of drug-likeness (QED) is 0.779. The van der Waals surface area contributed by atoms with Gasteiger partial charge in [-0.1, -0.05) is 6.92 Å². The van der Waals surface area contributed by atoms with Crippen LogP contribution in [0.5, 0.6) is 0 Å². The van der Waals surface area contributed by atoms with Crippen molar-refractivity contribution in [3.63, 3.8) is 0 Å². The number of aliphatic hydroxyl groups is 1. The molecule has 2 amide bonds. The van der Waals surface area contributed by atoms with Gasteiger partial charge in [-0.05, 0) is 25.8 Å². The molecule has 0 bridgehead atoms. The van der Waals surface area contributed by atoms with Crippen LogP contribution in [-0.2, 0) is 7.05 Å². The van der Waals surface area contributed by atoms with Crippen molar-refractivity contribution in [2.24, 2.45) is 7.05 Å². The van der Waals surface area contributed by atoms with E-state index in [0.29, 0.717) is 25.1 Å². The van der Waals surface area contributed by atoms with Gasteiger partial charge < -0.3 is 15.7 Å². The molecule has 0 saturated carbocycles. The molecule has 3 N–H and O–H groups in total. The minimum Gasteiger partial charge on any atom is -0.393 e. The Kier molecular flexibility index (Phi) is 4.74. The van der Waals surface area contributed by atoms with Crippen LogP contribution < -0.4 is 10.6 Å². The molecule has 0 radical (unpaired) electrons.